The number of para-hydroxylation sites is 2. The lowest BCUT2D eigenvalue weighted by atomic mass is 10.1. The van der Waals surface area contributed by atoms with Gasteiger partial charge in [-0.1, -0.05) is 24.3 Å². The highest BCUT2D eigenvalue weighted by atomic mass is 19.1. The van der Waals surface area contributed by atoms with Gasteiger partial charge >= 0.3 is 0 Å². The summed E-state index contributed by atoms with van der Waals surface area (Å²) in [6, 6.07) is 11.2. The summed E-state index contributed by atoms with van der Waals surface area (Å²) < 4.78 is 24.4. The number of carbonyl (C=O) groups is 1. The van der Waals surface area contributed by atoms with Gasteiger partial charge in [0.1, 0.15) is 5.82 Å². The summed E-state index contributed by atoms with van der Waals surface area (Å²) in [6.45, 7) is 2.25. The van der Waals surface area contributed by atoms with Crippen molar-refractivity contribution < 1.29 is 18.7 Å². The average Bonchev–Trinajstić information content (AvgIpc) is 2.62. The maximum Gasteiger partial charge on any atom is 0.241 e. The molecule has 25 heavy (non-hydrogen) atoms. The molecule has 0 heterocycles. The van der Waals surface area contributed by atoms with Crippen LogP contribution in [0.1, 0.15) is 12.5 Å². The number of benzene rings is 2. The minimum atomic E-state index is -0.462. The molecule has 0 aliphatic carbocycles. The number of nitrogens with zero attached hydrogens (tertiary/aromatic N) is 1. The first-order valence-corrected chi connectivity index (χ1v) is 7.93. The molecule has 0 aliphatic rings. The van der Waals surface area contributed by atoms with Crippen molar-refractivity contribution in [1.29, 1.82) is 0 Å². The Morgan fingerprint density at radius 2 is 1.88 bits per heavy atom. The van der Waals surface area contributed by atoms with Gasteiger partial charge in [0, 0.05) is 12.1 Å². The van der Waals surface area contributed by atoms with E-state index in [1.165, 1.54) is 12.1 Å². The van der Waals surface area contributed by atoms with Crippen molar-refractivity contribution in [2.45, 2.75) is 19.5 Å². The molecule has 1 unspecified atom stereocenters. The maximum atomic E-state index is 13.7. The van der Waals surface area contributed by atoms with Crippen LogP contribution in [0.25, 0.3) is 0 Å². The predicted octanol–water partition coefficient (Wildman–Crippen LogP) is 3.30. The van der Waals surface area contributed by atoms with Crippen LogP contribution < -0.4 is 14.8 Å². The van der Waals surface area contributed by atoms with Crippen LogP contribution in [0, 0.1) is 5.82 Å². The molecular formula is C19H23FN2O3. The average molecular weight is 346 g/mol. The van der Waals surface area contributed by atoms with E-state index in [0.29, 0.717) is 18.0 Å². The lowest BCUT2D eigenvalue weighted by molar-refractivity contribution is -0.120. The zero-order valence-corrected chi connectivity index (χ0v) is 14.9. The molecule has 0 saturated carbocycles. The van der Waals surface area contributed by atoms with Crippen LogP contribution in [0.15, 0.2) is 42.5 Å². The Hall–Kier alpha value is -2.60. The summed E-state index contributed by atoms with van der Waals surface area (Å²) in [5.74, 6) is 0.532. The number of anilines is 1. The Kier molecular flexibility index (Phi) is 6.36. The number of methoxy groups -OCH3 is 2. The molecule has 0 spiro atoms. The number of amides is 1. The van der Waals surface area contributed by atoms with E-state index < -0.39 is 11.9 Å². The predicted molar refractivity (Wildman–Crippen MR) is 95.5 cm³/mol. The van der Waals surface area contributed by atoms with E-state index in [9.17, 15) is 9.18 Å². The van der Waals surface area contributed by atoms with Crippen LogP contribution in [-0.4, -0.2) is 38.1 Å². The molecule has 0 aromatic heterocycles. The number of likely N-dealkylation sites (N-methyl/N-ethyl adjacent to an activating group) is 1. The van der Waals surface area contributed by atoms with Crippen LogP contribution in [0.2, 0.25) is 0 Å². The summed E-state index contributed by atoms with van der Waals surface area (Å²) in [5, 5.41) is 2.62. The first-order valence-electron chi connectivity index (χ1n) is 7.93. The highest BCUT2D eigenvalue weighted by Crippen LogP contribution is 2.31. The molecule has 5 nitrogen and oxygen atoms in total. The quantitative estimate of drug-likeness (QED) is 0.836. The Balaban J connectivity index is 2.09. The smallest absolute Gasteiger partial charge is 0.241 e. The SMILES string of the molecule is COc1cccc(CN(C)C(C)C(=O)Nc2ccccc2F)c1OC. The Labute approximate surface area is 147 Å². The summed E-state index contributed by atoms with van der Waals surface area (Å²) in [7, 11) is 4.98. The standard InChI is InChI=1S/C19H23FN2O3/c1-13(19(23)21-16-10-6-5-9-15(16)20)22(2)12-14-8-7-11-17(24-3)18(14)25-4/h5-11,13H,12H2,1-4H3,(H,21,23). The third kappa shape index (κ3) is 4.48. The highest BCUT2D eigenvalue weighted by Gasteiger charge is 2.21. The minimum absolute atomic E-state index is 0.173. The summed E-state index contributed by atoms with van der Waals surface area (Å²) >= 11 is 0. The number of hydrogen-bond donors (Lipinski definition) is 1. The topological polar surface area (TPSA) is 50.8 Å². The molecule has 6 heteroatoms. The second kappa shape index (κ2) is 8.48. The molecule has 0 radical (unpaired) electrons. The molecule has 134 valence electrons. The van der Waals surface area contributed by atoms with Gasteiger partial charge in [-0.2, -0.15) is 0 Å². The number of ether oxygens (including phenoxy) is 2. The van der Waals surface area contributed by atoms with E-state index in [-0.39, 0.29) is 11.6 Å². The molecule has 2 rings (SSSR count). The van der Waals surface area contributed by atoms with Crippen molar-refractivity contribution in [3.63, 3.8) is 0 Å². The molecule has 2 aromatic carbocycles. The normalized spacial score (nSPS) is 11.9. The molecule has 1 atom stereocenters. The van der Waals surface area contributed by atoms with E-state index >= 15 is 0 Å². The van der Waals surface area contributed by atoms with Crippen molar-refractivity contribution in [1.82, 2.24) is 4.90 Å². The van der Waals surface area contributed by atoms with Crippen LogP contribution in [0.4, 0.5) is 10.1 Å². The molecule has 0 fully saturated rings. The van der Waals surface area contributed by atoms with Gasteiger partial charge in [0.2, 0.25) is 5.91 Å². The van der Waals surface area contributed by atoms with Crippen LogP contribution in [0.5, 0.6) is 11.5 Å². The lowest BCUT2D eigenvalue weighted by Crippen LogP contribution is -2.39. The van der Waals surface area contributed by atoms with Gasteiger partial charge in [-0.3, -0.25) is 9.69 Å². The van der Waals surface area contributed by atoms with Crippen molar-refractivity contribution in [3.8, 4) is 11.5 Å². The second-order valence-corrected chi connectivity index (χ2v) is 5.71. The third-order valence-electron chi connectivity index (χ3n) is 4.08. The summed E-state index contributed by atoms with van der Waals surface area (Å²) in [6.07, 6.45) is 0. The largest absolute Gasteiger partial charge is 0.493 e. The zero-order valence-electron chi connectivity index (χ0n) is 14.9. The Morgan fingerprint density at radius 1 is 1.16 bits per heavy atom. The van der Waals surface area contributed by atoms with Gasteiger partial charge in [0.15, 0.2) is 11.5 Å². The molecular weight excluding hydrogens is 323 g/mol. The fourth-order valence-corrected chi connectivity index (χ4v) is 2.48. The highest BCUT2D eigenvalue weighted by molar-refractivity contribution is 5.94. The second-order valence-electron chi connectivity index (χ2n) is 5.71. The van der Waals surface area contributed by atoms with Crippen molar-refractivity contribution in [3.05, 3.63) is 53.8 Å². The lowest BCUT2D eigenvalue weighted by Gasteiger charge is -2.25. The maximum absolute atomic E-state index is 13.7. The monoisotopic (exact) mass is 346 g/mol. The van der Waals surface area contributed by atoms with Gasteiger partial charge in [-0.05, 0) is 32.2 Å². The van der Waals surface area contributed by atoms with Crippen molar-refractivity contribution in [2.24, 2.45) is 0 Å². The van der Waals surface area contributed by atoms with Gasteiger partial charge in [-0.15, -0.1) is 0 Å². The minimum Gasteiger partial charge on any atom is -0.493 e. The van der Waals surface area contributed by atoms with E-state index in [0.717, 1.165) is 5.56 Å². The van der Waals surface area contributed by atoms with Gasteiger partial charge in [0.05, 0.1) is 25.9 Å². The van der Waals surface area contributed by atoms with Gasteiger partial charge in [0.25, 0.3) is 0 Å². The van der Waals surface area contributed by atoms with Crippen LogP contribution in [-0.2, 0) is 11.3 Å². The first kappa shape index (κ1) is 18.7. The van der Waals surface area contributed by atoms with E-state index in [2.05, 4.69) is 5.32 Å². The number of rotatable bonds is 7. The number of halogens is 1. The zero-order chi connectivity index (χ0) is 18.4. The Bertz CT molecular complexity index is 736. The molecule has 0 bridgehead atoms. The molecule has 0 saturated heterocycles. The van der Waals surface area contributed by atoms with Gasteiger partial charge in [-0.25, -0.2) is 4.39 Å². The van der Waals surface area contributed by atoms with Crippen molar-refractivity contribution in [2.75, 3.05) is 26.6 Å². The summed E-state index contributed by atoms with van der Waals surface area (Å²) in [4.78, 5) is 14.3. The summed E-state index contributed by atoms with van der Waals surface area (Å²) in [5.41, 5.74) is 1.07. The third-order valence-corrected chi connectivity index (χ3v) is 4.08. The fourth-order valence-electron chi connectivity index (χ4n) is 2.48. The van der Waals surface area contributed by atoms with Crippen LogP contribution in [0.3, 0.4) is 0 Å². The molecule has 1 N–H and O–H groups in total. The molecule has 0 aliphatic heterocycles. The molecule has 1 amide bonds. The van der Waals surface area contributed by atoms with E-state index in [1.54, 1.807) is 33.3 Å². The van der Waals surface area contributed by atoms with Crippen LogP contribution >= 0.6 is 0 Å². The molecule has 2 aromatic rings. The number of carbonyl (C=O) groups excluding carboxylic acids is 1. The number of hydrogen-bond acceptors (Lipinski definition) is 4. The Morgan fingerprint density at radius 3 is 2.52 bits per heavy atom. The fraction of sp³-hybridized carbons (Fsp3) is 0.316. The van der Waals surface area contributed by atoms with Gasteiger partial charge < -0.3 is 14.8 Å². The first-order chi connectivity index (χ1) is 12.0. The van der Waals surface area contributed by atoms with Crippen molar-refractivity contribution >= 4 is 11.6 Å². The van der Waals surface area contributed by atoms with E-state index in [1.807, 2.05) is 30.1 Å². The van der Waals surface area contributed by atoms with E-state index in [4.69, 9.17) is 9.47 Å². The number of nitrogens with one attached hydrogen (secondary N) is 1.